The van der Waals surface area contributed by atoms with Crippen LogP contribution in [0.3, 0.4) is 0 Å². The minimum absolute atomic E-state index is 0.0886. The minimum atomic E-state index is -0.374. The van der Waals surface area contributed by atoms with Gasteiger partial charge in [-0.25, -0.2) is 0 Å². The predicted molar refractivity (Wildman–Crippen MR) is 138 cm³/mol. The van der Waals surface area contributed by atoms with E-state index in [0.717, 1.165) is 12.0 Å². The third kappa shape index (κ3) is 7.13. The lowest BCUT2D eigenvalue weighted by Crippen LogP contribution is -2.35. The van der Waals surface area contributed by atoms with Crippen LogP contribution in [-0.4, -0.2) is 23.5 Å². The van der Waals surface area contributed by atoms with Crippen LogP contribution in [0.5, 0.6) is 5.75 Å². The summed E-state index contributed by atoms with van der Waals surface area (Å²) in [5, 5.41) is 8.58. The summed E-state index contributed by atoms with van der Waals surface area (Å²) < 4.78 is 6.29. The molecule has 0 aliphatic rings. The summed E-state index contributed by atoms with van der Waals surface area (Å²) in [5.41, 5.74) is 2.34. The largest absolute Gasteiger partial charge is 0.492 e. The number of nitrogens with one attached hydrogen (secondary N) is 3. The number of thiocarbonyl (C=S) groups is 1. The number of hydrogen-bond acceptors (Lipinski definition) is 4. The highest BCUT2D eigenvalue weighted by molar-refractivity contribution is 9.10. The van der Waals surface area contributed by atoms with Gasteiger partial charge < -0.3 is 15.4 Å². The molecule has 0 saturated heterocycles. The molecule has 0 spiro atoms. The Bertz CT molecular complexity index is 1140. The maximum Gasteiger partial charge on any atom is 0.257 e. The van der Waals surface area contributed by atoms with Crippen molar-refractivity contribution in [1.82, 2.24) is 10.6 Å². The number of amides is 2. The van der Waals surface area contributed by atoms with Crippen LogP contribution in [0.25, 0.3) is 0 Å². The van der Waals surface area contributed by atoms with Gasteiger partial charge in [0.1, 0.15) is 5.75 Å². The van der Waals surface area contributed by atoms with Gasteiger partial charge in [0, 0.05) is 12.1 Å². The topological polar surface area (TPSA) is 79.5 Å². The Morgan fingerprint density at radius 1 is 0.970 bits per heavy atom. The van der Waals surface area contributed by atoms with E-state index in [-0.39, 0.29) is 16.9 Å². The number of carbonyl (C=O) groups is 2. The third-order valence-corrected chi connectivity index (χ3v) is 5.42. The first-order valence-electron chi connectivity index (χ1n) is 10.4. The Morgan fingerprint density at radius 3 is 2.42 bits per heavy atom. The maximum absolute atomic E-state index is 12.7. The van der Waals surface area contributed by atoms with Crippen molar-refractivity contribution < 1.29 is 14.3 Å². The van der Waals surface area contributed by atoms with Crippen molar-refractivity contribution in [3.63, 3.8) is 0 Å². The van der Waals surface area contributed by atoms with E-state index in [1.165, 1.54) is 0 Å². The molecule has 2 amide bonds. The molecule has 33 heavy (non-hydrogen) atoms. The molecule has 0 unspecified atom stereocenters. The van der Waals surface area contributed by atoms with Crippen molar-refractivity contribution in [3.05, 3.63) is 94.0 Å². The van der Waals surface area contributed by atoms with Gasteiger partial charge in [0.25, 0.3) is 11.8 Å². The van der Waals surface area contributed by atoms with Gasteiger partial charge in [-0.1, -0.05) is 49.4 Å². The van der Waals surface area contributed by atoms with E-state index in [1.807, 2.05) is 37.3 Å². The van der Waals surface area contributed by atoms with E-state index in [4.69, 9.17) is 17.0 Å². The Balaban J connectivity index is 1.62. The summed E-state index contributed by atoms with van der Waals surface area (Å²) in [6.07, 6.45) is 0.889. The average molecular weight is 526 g/mol. The fourth-order valence-corrected chi connectivity index (χ4v) is 3.66. The zero-order chi connectivity index (χ0) is 23.6. The quantitative estimate of drug-likeness (QED) is 0.348. The molecule has 0 aliphatic heterocycles. The Labute approximate surface area is 206 Å². The van der Waals surface area contributed by atoms with Crippen LogP contribution in [0, 0.1) is 0 Å². The molecular formula is C25H24BrN3O3S. The molecule has 0 saturated carbocycles. The summed E-state index contributed by atoms with van der Waals surface area (Å²) in [5.74, 6) is 0.0495. The highest BCUT2D eigenvalue weighted by atomic mass is 79.9. The lowest BCUT2D eigenvalue weighted by Gasteiger charge is -2.14. The molecule has 3 rings (SSSR count). The maximum atomic E-state index is 12.7. The van der Waals surface area contributed by atoms with E-state index in [0.29, 0.717) is 40.2 Å². The number of anilines is 1. The van der Waals surface area contributed by atoms with Crippen molar-refractivity contribution in [3.8, 4) is 5.75 Å². The zero-order valence-corrected chi connectivity index (χ0v) is 20.5. The van der Waals surface area contributed by atoms with Gasteiger partial charge in [0.15, 0.2) is 5.11 Å². The molecule has 170 valence electrons. The van der Waals surface area contributed by atoms with Gasteiger partial charge in [-0.15, -0.1) is 0 Å². The Kier molecular flexibility index (Phi) is 8.97. The highest BCUT2D eigenvalue weighted by Gasteiger charge is 2.14. The number of carbonyl (C=O) groups excluding carboxylic acids is 2. The first-order chi connectivity index (χ1) is 16.0. The van der Waals surface area contributed by atoms with E-state index >= 15 is 0 Å². The van der Waals surface area contributed by atoms with Gasteiger partial charge in [-0.3, -0.25) is 14.9 Å². The van der Waals surface area contributed by atoms with E-state index in [9.17, 15) is 9.59 Å². The number of benzene rings is 3. The summed E-state index contributed by atoms with van der Waals surface area (Å²) >= 11 is 8.73. The van der Waals surface area contributed by atoms with Gasteiger partial charge in [-0.05, 0) is 70.5 Å². The fraction of sp³-hybridized carbons (Fsp3) is 0.160. The highest BCUT2D eigenvalue weighted by Crippen LogP contribution is 2.26. The van der Waals surface area contributed by atoms with Crippen LogP contribution < -0.4 is 20.7 Å². The van der Waals surface area contributed by atoms with Crippen molar-refractivity contribution >= 4 is 50.8 Å². The van der Waals surface area contributed by atoms with Gasteiger partial charge >= 0.3 is 0 Å². The molecule has 0 atom stereocenters. The van der Waals surface area contributed by atoms with Crippen molar-refractivity contribution in [2.24, 2.45) is 0 Å². The lowest BCUT2D eigenvalue weighted by molar-refractivity contribution is 0.0950. The summed E-state index contributed by atoms with van der Waals surface area (Å²) in [6, 6.07) is 21.7. The third-order valence-electron chi connectivity index (χ3n) is 4.60. The van der Waals surface area contributed by atoms with Crippen molar-refractivity contribution in [2.75, 3.05) is 11.9 Å². The summed E-state index contributed by atoms with van der Waals surface area (Å²) in [7, 11) is 0. The molecular weight excluding hydrogens is 502 g/mol. The SMILES string of the molecule is CCCOc1ccc(C(=O)NC(=S)Nc2ccccc2C(=O)NCc2ccccc2)cc1Br. The number of para-hydroxylation sites is 1. The summed E-state index contributed by atoms with van der Waals surface area (Å²) in [4.78, 5) is 25.3. The van der Waals surface area contributed by atoms with Crippen LogP contribution in [0.15, 0.2) is 77.3 Å². The smallest absolute Gasteiger partial charge is 0.257 e. The predicted octanol–water partition coefficient (Wildman–Crippen LogP) is 5.29. The van der Waals surface area contributed by atoms with E-state index < -0.39 is 0 Å². The standard InChI is InChI=1S/C25H24BrN3O3S/c1-2-14-32-22-13-12-18(15-20(22)26)23(30)29-25(33)28-21-11-7-6-10-19(21)24(31)27-16-17-8-4-3-5-9-17/h3-13,15H,2,14,16H2,1H3,(H,27,31)(H2,28,29,30,33). The van der Waals surface area contributed by atoms with Crippen LogP contribution in [0.1, 0.15) is 39.6 Å². The molecule has 8 heteroatoms. The summed E-state index contributed by atoms with van der Waals surface area (Å²) in [6.45, 7) is 3.02. The molecule has 0 aliphatic carbocycles. The van der Waals surface area contributed by atoms with Gasteiger partial charge in [0.2, 0.25) is 0 Å². The monoisotopic (exact) mass is 525 g/mol. The second kappa shape index (κ2) is 12.1. The second-order valence-electron chi connectivity index (χ2n) is 7.12. The van der Waals surface area contributed by atoms with Gasteiger partial charge in [-0.2, -0.15) is 0 Å². The molecule has 0 heterocycles. The second-order valence-corrected chi connectivity index (χ2v) is 8.38. The molecule has 0 fully saturated rings. The number of halogens is 1. The molecule has 3 N–H and O–H groups in total. The van der Waals surface area contributed by atoms with Crippen LogP contribution in [0.2, 0.25) is 0 Å². The van der Waals surface area contributed by atoms with Crippen LogP contribution in [-0.2, 0) is 6.54 Å². The number of hydrogen-bond donors (Lipinski definition) is 3. The molecule has 3 aromatic rings. The molecule has 0 bridgehead atoms. The first kappa shape index (κ1) is 24.4. The Morgan fingerprint density at radius 2 is 1.70 bits per heavy atom. The van der Waals surface area contributed by atoms with E-state index in [2.05, 4.69) is 31.9 Å². The molecule has 0 aromatic heterocycles. The van der Waals surface area contributed by atoms with Crippen LogP contribution in [0.4, 0.5) is 5.69 Å². The first-order valence-corrected chi connectivity index (χ1v) is 11.6. The normalized spacial score (nSPS) is 10.2. The van der Waals surface area contributed by atoms with Crippen LogP contribution >= 0.6 is 28.1 Å². The molecule has 3 aromatic carbocycles. The number of rotatable bonds is 8. The lowest BCUT2D eigenvalue weighted by atomic mass is 10.1. The van der Waals surface area contributed by atoms with Gasteiger partial charge in [0.05, 0.1) is 22.3 Å². The van der Waals surface area contributed by atoms with E-state index in [1.54, 1.807) is 42.5 Å². The van der Waals surface area contributed by atoms with Crippen molar-refractivity contribution in [2.45, 2.75) is 19.9 Å². The zero-order valence-electron chi connectivity index (χ0n) is 18.1. The van der Waals surface area contributed by atoms with Crippen molar-refractivity contribution in [1.29, 1.82) is 0 Å². The molecule has 0 radical (unpaired) electrons. The molecule has 6 nitrogen and oxygen atoms in total. The number of ether oxygens (including phenoxy) is 1. The Hall–Kier alpha value is -3.23. The average Bonchev–Trinajstić information content (AvgIpc) is 2.82. The minimum Gasteiger partial charge on any atom is -0.492 e. The fourth-order valence-electron chi connectivity index (χ4n) is 2.96.